The Morgan fingerprint density at radius 3 is 2.58 bits per heavy atom. The van der Waals surface area contributed by atoms with Crippen LogP contribution in [0.3, 0.4) is 0 Å². The fraction of sp³-hybridized carbons (Fsp3) is 0.429. The molecule has 5 heteroatoms. The van der Waals surface area contributed by atoms with Crippen LogP contribution in [-0.4, -0.2) is 48.7 Å². The largest absolute Gasteiger partial charge is 0.481 e. The Morgan fingerprint density at radius 2 is 2.00 bits per heavy atom. The summed E-state index contributed by atoms with van der Waals surface area (Å²) < 4.78 is 4.81. The minimum Gasteiger partial charge on any atom is -0.481 e. The molecule has 5 nitrogen and oxygen atoms in total. The minimum atomic E-state index is -0.860. The van der Waals surface area contributed by atoms with E-state index in [0.29, 0.717) is 6.54 Å². The van der Waals surface area contributed by atoms with Crippen LogP contribution in [0.15, 0.2) is 30.3 Å². The maximum absolute atomic E-state index is 11.8. The summed E-state index contributed by atoms with van der Waals surface area (Å²) in [7, 11) is 1.46. The van der Waals surface area contributed by atoms with Crippen molar-refractivity contribution in [1.82, 2.24) is 4.90 Å². The van der Waals surface area contributed by atoms with Crippen LogP contribution in [0, 0.1) is 5.92 Å². The Bertz CT molecular complexity index is 460. The average Bonchev–Trinajstić information content (AvgIpc) is 2.85. The van der Waals surface area contributed by atoms with Crippen LogP contribution < -0.4 is 0 Å². The SMILES string of the molecule is COCC(=O)N1C[C@H](C(=O)O)[C@H](c2ccccc2)C1. The van der Waals surface area contributed by atoms with E-state index >= 15 is 0 Å². The number of likely N-dealkylation sites (tertiary alicyclic amines) is 1. The maximum Gasteiger partial charge on any atom is 0.308 e. The molecule has 1 N–H and O–H groups in total. The molecule has 1 aliphatic heterocycles. The van der Waals surface area contributed by atoms with Crippen molar-refractivity contribution in [1.29, 1.82) is 0 Å². The Kier molecular flexibility index (Phi) is 4.16. The zero-order valence-corrected chi connectivity index (χ0v) is 10.8. The molecule has 1 aromatic rings. The van der Waals surface area contributed by atoms with Gasteiger partial charge in [0.2, 0.25) is 5.91 Å². The first-order chi connectivity index (χ1) is 9.13. The lowest BCUT2D eigenvalue weighted by Crippen LogP contribution is -2.32. The summed E-state index contributed by atoms with van der Waals surface area (Å²) in [5.41, 5.74) is 0.961. The molecular formula is C14H17NO4. The molecule has 0 bridgehead atoms. The highest BCUT2D eigenvalue weighted by molar-refractivity contribution is 5.80. The van der Waals surface area contributed by atoms with E-state index in [1.54, 1.807) is 4.90 Å². The number of rotatable bonds is 4. The summed E-state index contributed by atoms with van der Waals surface area (Å²) in [5.74, 6) is -1.73. The third-order valence-electron chi connectivity index (χ3n) is 3.49. The number of aliphatic carboxylic acids is 1. The van der Waals surface area contributed by atoms with Gasteiger partial charge in [0.25, 0.3) is 0 Å². The van der Waals surface area contributed by atoms with E-state index < -0.39 is 11.9 Å². The maximum atomic E-state index is 11.8. The van der Waals surface area contributed by atoms with Crippen LogP contribution in [0.5, 0.6) is 0 Å². The first-order valence-corrected chi connectivity index (χ1v) is 6.18. The summed E-state index contributed by atoms with van der Waals surface area (Å²) >= 11 is 0. The van der Waals surface area contributed by atoms with Crippen molar-refractivity contribution in [3.8, 4) is 0 Å². The monoisotopic (exact) mass is 263 g/mol. The van der Waals surface area contributed by atoms with Crippen molar-refractivity contribution >= 4 is 11.9 Å². The van der Waals surface area contributed by atoms with Crippen LogP contribution in [-0.2, 0) is 14.3 Å². The second-order valence-corrected chi connectivity index (χ2v) is 4.69. The van der Waals surface area contributed by atoms with Gasteiger partial charge in [-0.2, -0.15) is 0 Å². The average molecular weight is 263 g/mol. The molecular weight excluding hydrogens is 246 g/mol. The molecule has 1 aliphatic rings. The van der Waals surface area contributed by atoms with Crippen molar-refractivity contribution in [3.05, 3.63) is 35.9 Å². The van der Waals surface area contributed by atoms with E-state index in [9.17, 15) is 14.7 Å². The number of carbonyl (C=O) groups excluding carboxylic acids is 1. The molecule has 2 rings (SSSR count). The van der Waals surface area contributed by atoms with E-state index in [1.165, 1.54) is 7.11 Å². The summed E-state index contributed by atoms with van der Waals surface area (Å²) in [6.45, 7) is 0.675. The zero-order chi connectivity index (χ0) is 13.8. The van der Waals surface area contributed by atoms with Gasteiger partial charge in [0.05, 0.1) is 5.92 Å². The van der Waals surface area contributed by atoms with Crippen LogP contribution in [0.4, 0.5) is 0 Å². The van der Waals surface area contributed by atoms with E-state index in [1.807, 2.05) is 30.3 Å². The van der Waals surface area contributed by atoms with Crippen LogP contribution in [0.1, 0.15) is 11.5 Å². The Labute approximate surface area is 111 Å². The molecule has 0 radical (unpaired) electrons. The van der Waals surface area contributed by atoms with Crippen LogP contribution >= 0.6 is 0 Å². The first-order valence-electron chi connectivity index (χ1n) is 6.18. The standard InChI is InChI=1S/C14H17NO4/c1-19-9-13(16)15-7-11(12(8-15)14(17)18)10-5-3-2-4-6-10/h2-6,11-12H,7-9H2,1H3,(H,17,18)/t11-,12-/m0/s1. The Hall–Kier alpha value is -1.88. The quantitative estimate of drug-likeness (QED) is 0.878. The smallest absolute Gasteiger partial charge is 0.308 e. The van der Waals surface area contributed by atoms with Crippen molar-refractivity contribution in [2.75, 3.05) is 26.8 Å². The molecule has 1 amide bonds. The zero-order valence-electron chi connectivity index (χ0n) is 10.8. The van der Waals surface area contributed by atoms with Gasteiger partial charge in [0.1, 0.15) is 6.61 Å². The molecule has 0 aromatic heterocycles. The summed E-state index contributed by atoms with van der Waals surface area (Å²) in [4.78, 5) is 24.7. The number of ether oxygens (including phenoxy) is 1. The number of hydrogen-bond donors (Lipinski definition) is 1. The summed E-state index contributed by atoms with van der Waals surface area (Å²) in [5, 5.41) is 9.31. The second-order valence-electron chi connectivity index (χ2n) is 4.69. The highest BCUT2D eigenvalue weighted by Gasteiger charge is 2.40. The molecule has 1 aromatic carbocycles. The molecule has 0 unspecified atom stereocenters. The number of hydrogen-bond acceptors (Lipinski definition) is 3. The van der Waals surface area contributed by atoms with Crippen molar-refractivity contribution in [2.24, 2.45) is 5.92 Å². The van der Waals surface area contributed by atoms with E-state index in [-0.39, 0.29) is 25.0 Å². The topological polar surface area (TPSA) is 66.8 Å². The highest BCUT2D eigenvalue weighted by Crippen LogP contribution is 2.32. The lowest BCUT2D eigenvalue weighted by atomic mass is 9.89. The van der Waals surface area contributed by atoms with E-state index in [4.69, 9.17) is 4.74 Å². The number of amides is 1. The highest BCUT2D eigenvalue weighted by atomic mass is 16.5. The van der Waals surface area contributed by atoms with Gasteiger partial charge < -0.3 is 14.7 Å². The predicted molar refractivity (Wildman–Crippen MR) is 68.8 cm³/mol. The fourth-order valence-corrected chi connectivity index (χ4v) is 2.51. The minimum absolute atomic E-state index is 0.00610. The number of carbonyl (C=O) groups is 2. The van der Waals surface area contributed by atoms with E-state index in [2.05, 4.69) is 0 Å². The van der Waals surface area contributed by atoms with Crippen molar-refractivity contribution in [2.45, 2.75) is 5.92 Å². The molecule has 102 valence electrons. The third kappa shape index (κ3) is 2.93. The van der Waals surface area contributed by atoms with Crippen LogP contribution in [0.25, 0.3) is 0 Å². The van der Waals surface area contributed by atoms with Crippen molar-refractivity contribution in [3.63, 3.8) is 0 Å². The molecule has 2 atom stereocenters. The van der Waals surface area contributed by atoms with Gasteiger partial charge in [-0.1, -0.05) is 30.3 Å². The van der Waals surface area contributed by atoms with Gasteiger partial charge in [-0.05, 0) is 5.56 Å². The van der Waals surface area contributed by atoms with Gasteiger partial charge in [0.15, 0.2) is 0 Å². The number of methoxy groups -OCH3 is 1. The third-order valence-corrected chi connectivity index (χ3v) is 3.49. The molecule has 1 saturated heterocycles. The second kappa shape index (κ2) is 5.84. The van der Waals surface area contributed by atoms with Gasteiger partial charge in [-0.25, -0.2) is 0 Å². The molecule has 0 spiro atoms. The molecule has 1 heterocycles. The molecule has 0 saturated carbocycles. The molecule has 19 heavy (non-hydrogen) atoms. The normalized spacial score (nSPS) is 22.5. The van der Waals surface area contributed by atoms with Gasteiger partial charge in [0, 0.05) is 26.1 Å². The Balaban J connectivity index is 2.18. The summed E-state index contributed by atoms with van der Waals surface area (Å²) in [6, 6.07) is 9.47. The number of nitrogens with zero attached hydrogens (tertiary/aromatic N) is 1. The van der Waals surface area contributed by atoms with Gasteiger partial charge in [-0.3, -0.25) is 9.59 Å². The molecule has 1 fully saturated rings. The lowest BCUT2D eigenvalue weighted by Gasteiger charge is -2.15. The first kappa shape index (κ1) is 13.5. The van der Waals surface area contributed by atoms with Crippen LogP contribution in [0.2, 0.25) is 0 Å². The number of carboxylic acids is 1. The van der Waals surface area contributed by atoms with Crippen molar-refractivity contribution < 1.29 is 19.4 Å². The van der Waals surface area contributed by atoms with Gasteiger partial charge >= 0.3 is 5.97 Å². The predicted octanol–water partition coefficient (Wildman–Crippen LogP) is 0.960. The number of carboxylic acid groups (broad SMARTS) is 1. The lowest BCUT2D eigenvalue weighted by molar-refractivity contribution is -0.142. The van der Waals surface area contributed by atoms with E-state index in [0.717, 1.165) is 5.56 Å². The molecule has 0 aliphatic carbocycles. The van der Waals surface area contributed by atoms with Gasteiger partial charge in [-0.15, -0.1) is 0 Å². The number of benzene rings is 1. The Morgan fingerprint density at radius 1 is 1.32 bits per heavy atom. The fourth-order valence-electron chi connectivity index (χ4n) is 2.51. The summed E-state index contributed by atoms with van der Waals surface area (Å²) in [6.07, 6.45) is 0.